The quantitative estimate of drug-likeness (QED) is 0.622. The van der Waals surface area contributed by atoms with Crippen LogP contribution >= 0.6 is 0 Å². The molecule has 1 aromatic rings. The van der Waals surface area contributed by atoms with E-state index in [1.807, 2.05) is 26.0 Å². The molecule has 0 aromatic carbocycles. The lowest BCUT2D eigenvalue weighted by Gasteiger charge is -2.14. The van der Waals surface area contributed by atoms with Crippen molar-refractivity contribution in [2.24, 2.45) is 11.5 Å². The molecule has 6 nitrogen and oxygen atoms in total. The summed E-state index contributed by atoms with van der Waals surface area (Å²) in [6.07, 6.45) is 1.74. The molecule has 0 saturated heterocycles. The Bertz CT molecular complexity index is 395. The number of hydrogen-bond acceptors (Lipinski definition) is 5. The summed E-state index contributed by atoms with van der Waals surface area (Å²) in [7, 11) is 0. The van der Waals surface area contributed by atoms with Crippen LogP contribution in [0.2, 0.25) is 0 Å². The van der Waals surface area contributed by atoms with Crippen LogP contribution < -0.4 is 21.5 Å². The Hall–Kier alpha value is -1.66. The number of carbonyl (C=O) groups excluding carboxylic acids is 1. The molecule has 0 spiro atoms. The third-order valence-corrected chi connectivity index (χ3v) is 2.24. The number of ether oxygens (including phenoxy) is 1. The molecule has 18 heavy (non-hydrogen) atoms. The van der Waals surface area contributed by atoms with E-state index in [1.165, 1.54) is 0 Å². The van der Waals surface area contributed by atoms with E-state index in [-0.39, 0.29) is 6.10 Å². The van der Waals surface area contributed by atoms with Crippen molar-refractivity contribution in [1.82, 2.24) is 10.3 Å². The maximum absolute atomic E-state index is 10.8. The monoisotopic (exact) mass is 252 g/mol. The number of primary amides is 1. The van der Waals surface area contributed by atoms with E-state index in [2.05, 4.69) is 10.3 Å². The van der Waals surface area contributed by atoms with Gasteiger partial charge in [-0.2, -0.15) is 0 Å². The lowest BCUT2D eigenvalue weighted by atomic mass is 10.2. The molecule has 1 aromatic heterocycles. The lowest BCUT2D eigenvalue weighted by molar-refractivity contribution is -0.119. The Labute approximate surface area is 107 Å². The number of amides is 1. The van der Waals surface area contributed by atoms with Crippen molar-refractivity contribution in [2.75, 3.05) is 6.54 Å². The van der Waals surface area contributed by atoms with E-state index >= 15 is 0 Å². The van der Waals surface area contributed by atoms with Crippen molar-refractivity contribution in [3.8, 4) is 5.88 Å². The fraction of sp³-hybridized carbons (Fsp3) is 0.500. The number of aromatic nitrogens is 1. The highest BCUT2D eigenvalue weighted by Gasteiger charge is 2.10. The SMILES string of the molecule is CC(C)Oc1ncccc1CNCC(N)C(N)=O. The number of carbonyl (C=O) groups is 1. The van der Waals surface area contributed by atoms with Gasteiger partial charge in [0.25, 0.3) is 0 Å². The van der Waals surface area contributed by atoms with Crippen LogP contribution in [0.5, 0.6) is 5.88 Å². The second-order valence-corrected chi connectivity index (χ2v) is 4.27. The van der Waals surface area contributed by atoms with E-state index in [4.69, 9.17) is 16.2 Å². The van der Waals surface area contributed by atoms with Crippen molar-refractivity contribution < 1.29 is 9.53 Å². The van der Waals surface area contributed by atoms with Crippen molar-refractivity contribution >= 4 is 5.91 Å². The van der Waals surface area contributed by atoms with Gasteiger partial charge in [-0.25, -0.2) is 4.98 Å². The molecule has 1 amide bonds. The highest BCUT2D eigenvalue weighted by atomic mass is 16.5. The molecule has 1 heterocycles. The minimum Gasteiger partial charge on any atom is -0.475 e. The fourth-order valence-electron chi connectivity index (χ4n) is 1.35. The molecule has 100 valence electrons. The molecule has 5 N–H and O–H groups in total. The van der Waals surface area contributed by atoms with Crippen LogP contribution in [0.25, 0.3) is 0 Å². The first-order chi connectivity index (χ1) is 8.50. The first-order valence-electron chi connectivity index (χ1n) is 5.87. The van der Waals surface area contributed by atoms with Crippen LogP contribution in [-0.2, 0) is 11.3 Å². The molecular weight excluding hydrogens is 232 g/mol. The van der Waals surface area contributed by atoms with E-state index in [0.29, 0.717) is 19.0 Å². The molecule has 0 fully saturated rings. The van der Waals surface area contributed by atoms with Crippen LogP contribution in [0, 0.1) is 0 Å². The average Bonchev–Trinajstić information content (AvgIpc) is 2.30. The Morgan fingerprint density at radius 1 is 1.56 bits per heavy atom. The summed E-state index contributed by atoms with van der Waals surface area (Å²) in [4.78, 5) is 14.9. The molecule has 0 bridgehead atoms. The van der Waals surface area contributed by atoms with Gasteiger partial charge >= 0.3 is 0 Å². The highest BCUT2D eigenvalue weighted by molar-refractivity contribution is 5.79. The summed E-state index contributed by atoms with van der Waals surface area (Å²) >= 11 is 0. The molecule has 0 aliphatic rings. The summed E-state index contributed by atoms with van der Waals surface area (Å²) in [5.41, 5.74) is 11.5. The first kappa shape index (κ1) is 14.4. The largest absolute Gasteiger partial charge is 0.475 e. The number of nitrogens with two attached hydrogens (primary N) is 2. The normalized spacial score (nSPS) is 12.4. The van der Waals surface area contributed by atoms with Crippen molar-refractivity contribution in [3.05, 3.63) is 23.9 Å². The first-order valence-corrected chi connectivity index (χ1v) is 5.87. The van der Waals surface area contributed by atoms with E-state index < -0.39 is 11.9 Å². The highest BCUT2D eigenvalue weighted by Crippen LogP contribution is 2.15. The van der Waals surface area contributed by atoms with Crippen LogP contribution in [0.4, 0.5) is 0 Å². The molecular formula is C12H20N4O2. The number of nitrogens with zero attached hydrogens (tertiary/aromatic N) is 1. The van der Waals surface area contributed by atoms with Gasteiger partial charge in [-0.15, -0.1) is 0 Å². The third-order valence-electron chi connectivity index (χ3n) is 2.24. The van der Waals surface area contributed by atoms with Crippen molar-refractivity contribution in [3.63, 3.8) is 0 Å². The molecule has 0 radical (unpaired) electrons. The zero-order chi connectivity index (χ0) is 13.5. The average molecular weight is 252 g/mol. The topological polar surface area (TPSA) is 103 Å². The smallest absolute Gasteiger partial charge is 0.235 e. The van der Waals surface area contributed by atoms with Gasteiger partial charge in [-0.3, -0.25) is 4.79 Å². The number of rotatable bonds is 7. The predicted octanol–water partition coefficient (Wildman–Crippen LogP) is -0.229. The van der Waals surface area contributed by atoms with Gasteiger partial charge in [-0.1, -0.05) is 6.07 Å². The molecule has 1 atom stereocenters. The molecule has 6 heteroatoms. The van der Waals surface area contributed by atoms with Crippen LogP contribution in [0.15, 0.2) is 18.3 Å². The minimum absolute atomic E-state index is 0.0616. The molecule has 0 saturated carbocycles. The van der Waals surface area contributed by atoms with E-state index in [1.54, 1.807) is 6.20 Å². The number of nitrogens with one attached hydrogen (secondary N) is 1. The van der Waals surface area contributed by atoms with Gasteiger partial charge in [-0.05, 0) is 19.9 Å². The second-order valence-electron chi connectivity index (χ2n) is 4.27. The summed E-state index contributed by atoms with van der Waals surface area (Å²) < 4.78 is 5.58. The van der Waals surface area contributed by atoms with Crippen molar-refractivity contribution in [1.29, 1.82) is 0 Å². The minimum atomic E-state index is -0.684. The zero-order valence-corrected chi connectivity index (χ0v) is 10.7. The van der Waals surface area contributed by atoms with E-state index in [9.17, 15) is 4.79 Å². The summed E-state index contributed by atoms with van der Waals surface area (Å²) in [6, 6.07) is 3.06. The van der Waals surface area contributed by atoms with Crippen LogP contribution in [0.3, 0.4) is 0 Å². The Morgan fingerprint density at radius 3 is 2.89 bits per heavy atom. The van der Waals surface area contributed by atoms with Gasteiger partial charge in [0.2, 0.25) is 11.8 Å². The van der Waals surface area contributed by atoms with E-state index in [0.717, 1.165) is 5.56 Å². The predicted molar refractivity (Wildman–Crippen MR) is 68.9 cm³/mol. The lowest BCUT2D eigenvalue weighted by Crippen LogP contribution is -2.44. The van der Waals surface area contributed by atoms with Gasteiger partial charge in [0.05, 0.1) is 12.1 Å². The zero-order valence-electron chi connectivity index (χ0n) is 10.7. The van der Waals surface area contributed by atoms with Gasteiger partial charge in [0, 0.05) is 24.8 Å². The molecule has 0 aliphatic carbocycles. The summed E-state index contributed by atoms with van der Waals surface area (Å²) in [6.45, 7) is 4.73. The summed E-state index contributed by atoms with van der Waals surface area (Å²) in [5.74, 6) is 0.0694. The molecule has 1 unspecified atom stereocenters. The standard InChI is InChI=1S/C12H20N4O2/c1-8(2)18-12-9(4-3-5-16-12)6-15-7-10(13)11(14)17/h3-5,8,10,15H,6-7,13H2,1-2H3,(H2,14,17). The molecule has 0 aliphatic heterocycles. The van der Waals surface area contributed by atoms with Gasteiger partial charge in [0.15, 0.2) is 0 Å². The second kappa shape index (κ2) is 6.93. The third kappa shape index (κ3) is 4.68. The number of pyridine rings is 1. The Balaban J connectivity index is 2.53. The molecule has 1 rings (SSSR count). The van der Waals surface area contributed by atoms with Gasteiger partial charge in [0.1, 0.15) is 0 Å². The Kier molecular flexibility index (Phi) is 5.54. The maximum atomic E-state index is 10.8. The van der Waals surface area contributed by atoms with Crippen molar-refractivity contribution in [2.45, 2.75) is 32.5 Å². The maximum Gasteiger partial charge on any atom is 0.235 e. The van der Waals surface area contributed by atoms with Crippen LogP contribution in [-0.4, -0.2) is 29.6 Å². The van der Waals surface area contributed by atoms with Gasteiger partial charge < -0.3 is 21.5 Å². The fourth-order valence-corrected chi connectivity index (χ4v) is 1.35. The summed E-state index contributed by atoms with van der Waals surface area (Å²) in [5, 5.41) is 3.05. The number of hydrogen-bond donors (Lipinski definition) is 3. The Morgan fingerprint density at radius 2 is 2.28 bits per heavy atom. The van der Waals surface area contributed by atoms with Crippen LogP contribution in [0.1, 0.15) is 19.4 Å².